The third-order valence-electron chi connectivity index (χ3n) is 4.48. The van der Waals surface area contributed by atoms with Crippen LogP contribution in [0.2, 0.25) is 0 Å². The standard InChI is InChI=1S/C18H31N3/c1-5-8-19-13-16-11-17(6-2)20-18(12-16)21-9-7-14(3)10-15(21)4/h11-12,14-15,19H,5-10,13H2,1-4H3. The molecule has 2 rings (SSSR count). The normalized spacial score (nSPS) is 22.6. The fourth-order valence-corrected chi connectivity index (χ4v) is 3.22. The Hall–Kier alpha value is -1.09. The number of hydrogen-bond acceptors (Lipinski definition) is 3. The molecule has 0 spiro atoms. The van der Waals surface area contributed by atoms with Crippen molar-refractivity contribution in [1.29, 1.82) is 0 Å². The molecule has 21 heavy (non-hydrogen) atoms. The van der Waals surface area contributed by atoms with Crippen LogP contribution in [0.4, 0.5) is 5.82 Å². The lowest BCUT2D eigenvalue weighted by Crippen LogP contribution is -2.40. The molecule has 2 heterocycles. The van der Waals surface area contributed by atoms with Crippen molar-refractivity contribution in [2.45, 2.75) is 66.0 Å². The number of hydrogen-bond donors (Lipinski definition) is 1. The largest absolute Gasteiger partial charge is 0.354 e. The van der Waals surface area contributed by atoms with E-state index in [-0.39, 0.29) is 0 Å². The number of aryl methyl sites for hydroxylation is 1. The van der Waals surface area contributed by atoms with Gasteiger partial charge in [-0.05, 0) is 62.8 Å². The van der Waals surface area contributed by atoms with Gasteiger partial charge < -0.3 is 10.2 Å². The third kappa shape index (κ3) is 4.44. The molecule has 3 heteroatoms. The summed E-state index contributed by atoms with van der Waals surface area (Å²) in [5.41, 5.74) is 2.59. The van der Waals surface area contributed by atoms with E-state index >= 15 is 0 Å². The number of anilines is 1. The number of piperidine rings is 1. The van der Waals surface area contributed by atoms with Crippen molar-refractivity contribution >= 4 is 5.82 Å². The molecule has 0 amide bonds. The molecule has 1 aromatic rings. The summed E-state index contributed by atoms with van der Waals surface area (Å²) < 4.78 is 0. The Morgan fingerprint density at radius 3 is 2.76 bits per heavy atom. The lowest BCUT2D eigenvalue weighted by atomic mass is 9.93. The molecule has 1 fully saturated rings. The summed E-state index contributed by atoms with van der Waals surface area (Å²) in [5.74, 6) is 2.03. The minimum atomic E-state index is 0.602. The van der Waals surface area contributed by atoms with Gasteiger partial charge in [0.25, 0.3) is 0 Å². The minimum Gasteiger partial charge on any atom is -0.354 e. The zero-order valence-electron chi connectivity index (χ0n) is 14.2. The Kier molecular flexibility index (Phi) is 6.04. The molecule has 2 unspecified atom stereocenters. The van der Waals surface area contributed by atoms with Gasteiger partial charge in [0, 0.05) is 24.8 Å². The molecule has 0 saturated carbocycles. The van der Waals surface area contributed by atoms with Gasteiger partial charge in [0.1, 0.15) is 5.82 Å². The average Bonchev–Trinajstić information content (AvgIpc) is 2.47. The fraction of sp³-hybridized carbons (Fsp3) is 0.722. The van der Waals surface area contributed by atoms with E-state index in [4.69, 9.17) is 4.98 Å². The van der Waals surface area contributed by atoms with Crippen LogP contribution < -0.4 is 10.2 Å². The molecule has 1 N–H and O–H groups in total. The molecule has 1 saturated heterocycles. The average molecular weight is 289 g/mol. The lowest BCUT2D eigenvalue weighted by Gasteiger charge is -2.37. The van der Waals surface area contributed by atoms with Crippen molar-refractivity contribution in [3.05, 3.63) is 23.4 Å². The number of rotatable bonds is 6. The Morgan fingerprint density at radius 2 is 2.10 bits per heavy atom. The van der Waals surface area contributed by atoms with Gasteiger partial charge in [0.2, 0.25) is 0 Å². The maximum atomic E-state index is 4.88. The molecule has 0 radical (unpaired) electrons. The Morgan fingerprint density at radius 1 is 1.29 bits per heavy atom. The van der Waals surface area contributed by atoms with Crippen molar-refractivity contribution in [2.24, 2.45) is 5.92 Å². The van der Waals surface area contributed by atoms with Crippen LogP contribution in [0.3, 0.4) is 0 Å². The highest BCUT2D eigenvalue weighted by molar-refractivity contribution is 5.44. The third-order valence-corrected chi connectivity index (χ3v) is 4.48. The van der Waals surface area contributed by atoms with Gasteiger partial charge in [-0.15, -0.1) is 0 Å². The molecule has 118 valence electrons. The second kappa shape index (κ2) is 7.79. The van der Waals surface area contributed by atoms with E-state index < -0.39 is 0 Å². The van der Waals surface area contributed by atoms with E-state index in [1.807, 2.05) is 0 Å². The van der Waals surface area contributed by atoms with Crippen molar-refractivity contribution < 1.29 is 0 Å². The summed E-state index contributed by atoms with van der Waals surface area (Å²) in [4.78, 5) is 7.38. The smallest absolute Gasteiger partial charge is 0.129 e. The van der Waals surface area contributed by atoms with Gasteiger partial charge in [-0.2, -0.15) is 0 Å². The second-order valence-corrected chi connectivity index (χ2v) is 6.53. The summed E-state index contributed by atoms with van der Waals surface area (Å²) in [6.45, 7) is 12.3. The van der Waals surface area contributed by atoms with Crippen LogP contribution in [0.5, 0.6) is 0 Å². The summed E-state index contributed by atoms with van der Waals surface area (Å²) >= 11 is 0. The summed E-state index contributed by atoms with van der Waals surface area (Å²) in [5, 5.41) is 3.50. The lowest BCUT2D eigenvalue weighted by molar-refractivity contribution is 0.376. The van der Waals surface area contributed by atoms with Crippen molar-refractivity contribution in [1.82, 2.24) is 10.3 Å². The zero-order valence-corrected chi connectivity index (χ0v) is 14.2. The first-order valence-electron chi connectivity index (χ1n) is 8.61. The monoisotopic (exact) mass is 289 g/mol. The van der Waals surface area contributed by atoms with E-state index in [2.05, 4.69) is 50.0 Å². The van der Waals surface area contributed by atoms with Crippen LogP contribution in [0.1, 0.15) is 58.2 Å². The van der Waals surface area contributed by atoms with E-state index in [1.54, 1.807) is 0 Å². The van der Waals surface area contributed by atoms with Gasteiger partial charge in [-0.25, -0.2) is 4.98 Å². The fourth-order valence-electron chi connectivity index (χ4n) is 3.22. The van der Waals surface area contributed by atoms with E-state index in [0.29, 0.717) is 6.04 Å². The van der Waals surface area contributed by atoms with Crippen LogP contribution in [0.15, 0.2) is 12.1 Å². The number of aromatic nitrogens is 1. The summed E-state index contributed by atoms with van der Waals surface area (Å²) in [7, 11) is 0. The summed E-state index contributed by atoms with van der Waals surface area (Å²) in [6, 6.07) is 5.14. The molecule has 2 atom stereocenters. The number of pyridine rings is 1. The van der Waals surface area contributed by atoms with Crippen LogP contribution in [-0.2, 0) is 13.0 Å². The van der Waals surface area contributed by atoms with Gasteiger partial charge in [-0.1, -0.05) is 20.8 Å². The van der Waals surface area contributed by atoms with Crippen molar-refractivity contribution in [3.8, 4) is 0 Å². The Balaban J connectivity index is 2.15. The molecule has 0 bridgehead atoms. The first kappa shape index (κ1) is 16.3. The van der Waals surface area contributed by atoms with Crippen LogP contribution in [0, 0.1) is 5.92 Å². The zero-order chi connectivity index (χ0) is 15.2. The second-order valence-electron chi connectivity index (χ2n) is 6.53. The molecule has 1 aliphatic rings. The summed E-state index contributed by atoms with van der Waals surface area (Å²) in [6.07, 6.45) is 4.75. The van der Waals surface area contributed by atoms with Crippen LogP contribution in [0.25, 0.3) is 0 Å². The quantitative estimate of drug-likeness (QED) is 0.808. The maximum Gasteiger partial charge on any atom is 0.129 e. The van der Waals surface area contributed by atoms with E-state index in [9.17, 15) is 0 Å². The molecule has 1 aliphatic heterocycles. The first-order valence-corrected chi connectivity index (χ1v) is 8.61. The van der Waals surface area contributed by atoms with E-state index in [1.165, 1.54) is 36.3 Å². The molecule has 0 aromatic carbocycles. The Bertz CT molecular complexity index is 444. The number of nitrogens with one attached hydrogen (secondary N) is 1. The van der Waals surface area contributed by atoms with Crippen LogP contribution >= 0.6 is 0 Å². The molecule has 1 aromatic heterocycles. The molecule has 3 nitrogen and oxygen atoms in total. The van der Waals surface area contributed by atoms with Crippen molar-refractivity contribution in [3.63, 3.8) is 0 Å². The molecular weight excluding hydrogens is 258 g/mol. The molecular formula is C18H31N3. The predicted octanol–water partition coefficient (Wildman–Crippen LogP) is 3.77. The number of nitrogens with zero attached hydrogens (tertiary/aromatic N) is 2. The van der Waals surface area contributed by atoms with Gasteiger partial charge in [-0.3, -0.25) is 0 Å². The van der Waals surface area contributed by atoms with Gasteiger partial charge in [0.05, 0.1) is 0 Å². The van der Waals surface area contributed by atoms with E-state index in [0.717, 1.165) is 32.0 Å². The molecule has 0 aliphatic carbocycles. The topological polar surface area (TPSA) is 28.2 Å². The SMILES string of the molecule is CCCNCc1cc(CC)nc(N2CCC(C)CC2C)c1. The highest BCUT2D eigenvalue weighted by Gasteiger charge is 2.24. The predicted molar refractivity (Wildman–Crippen MR) is 90.8 cm³/mol. The van der Waals surface area contributed by atoms with Gasteiger partial charge >= 0.3 is 0 Å². The Labute approximate surface area is 130 Å². The van der Waals surface area contributed by atoms with Crippen molar-refractivity contribution in [2.75, 3.05) is 18.0 Å². The highest BCUT2D eigenvalue weighted by Crippen LogP contribution is 2.27. The minimum absolute atomic E-state index is 0.602. The first-order chi connectivity index (χ1) is 10.1. The van der Waals surface area contributed by atoms with Crippen LogP contribution in [-0.4, -0.2) is 24.1 Å². The highest BCUT2D eigenvalue weighted by atomic mass is 15.2. The maximum absolute atomic E-state index is 4.88. The van der Waals surface area contributed by atoms with Gasteiger partial charge in [0.15, 0.2) is 0 Å².